The van der Waals surface area contributed by atoms with E-state index >= 15 is 0 Å². The van der Waals surface area contributed by atoms with Gasteiger partial charge in [-0.25, -0.2) is 13.2 Å². The SMILES string of the molecule is CCOC(=O)c1cc(NC(=O)C(N)C(C)CC)cc(S(C)(=O)=O)c1. The number of anilines is 1. The first-order valence-electron chi connectivity index (χ1n) is 7.68. The van der Waals surface area contributed by atoms with Gasteiger partial charge in [0.1, 0.15) is 0 Å². The summed E-state index contributed by atoms with van der Waals surface area (Å²) in [6.45, 7) is 5.57. The number of hydrogen-bond acceptors (Lipinski definition) is 6. The zero-order valence-corrected chi connectivity index (χ0v) is 15.1. The molecular formula is C16H24N2O5S. The van der Waals surface area contributed by atoms with E-state index in [4.69, 9.17) is 10.5 Å². The van der Waals surface area contributed by atoms with E-state index in [0.717, 1.165) is 12.7 Å². The second-order valence-electron chi connectivity index (χ2n) is 5.64. The molecule has 0 radical (unpaired) electrons. The van der Waals surface area contributed by atoms with E-state index in [1.807, 2.05) is 13.8 Å². The van der Waals surface area contributed by atoms with Crippen LogP contribution in [-0.2, 0) is 19.4 Å². The molecular weight excluding hydrogens is 332 g/mol. The van der Waals surface area contributed by atoms with Gasteiger partial charge in [0.2, 0.25) is 5.91 Å². The topological polar surface area (TPSA) is 116 Å². The van der Waals surface area contributed by atoms with E-state index in [9.17, 15) is 18.0 Å². The number of ether oxygens (including phenoxy) is 1. The highest BCUT2D eigenvalue weighted by molar-refractivity contribution is 7.90. The number of hydrogen-bond donors (Lipinski definition) is 2. The molecule has 0 spiro atoms. The fourth-order valence-corrected chi connectivity index (χ4v) is 2.64. The molecule has 1 amide bonds. The van der Waals surface area contributed by atoms with E-state index in [0.29, 0.717) is 0 Å². The van der Waals surface area contributed by atoms with Gasteiger partial charge in [0, 0.05) is 11.9 Å². The highest BCUT2D eigenvalue weighted by atomic mass is 32.2. The Labute approximate surface area is 142 Å². The Morgan fingerprint density at radius 3 is 2.38 bits per heavy atom. The standard InChI is InChI=1S/C16H24N2O5S/c1-5-10(3)14(17)15(19)18-12-7-11(16(20)23-6-2)8-13(9-12)24(4,21)22/h7-10,14H,5-6,17H2,1-4H3,(H,18,19). The Bertz CT molecular complexity index is 715. The molecule has 0 saturated carbocycles. The van der Waals surface area contributed by atoms with Gasteiger partial charge < -0.3 is 15.8 Å². The largest absolute Gasteiger partial charge is 0.462 e. The molecule has 134 valence electrons. The molecule has 2 unspecified atom stereocenters. The second-order valence-corrected chi connectivity index (χ2v) is 7.66. The predicted molar refractivity (Wildman–Crippen MR) is 91.6 cm³/mol. The van der Waals surface area contributed by atoms with Gasteiger partial charge in [0.25, 0.3) is 0 Å². The normalized spacial score (nSPS) is 13.9. The number of esters is 1. The highest BCUT2D eigenvalue weighted by Crippen LogP contribution is 2.21. The van der Waals surface area contributed by atoms with Gasteiger partial charge in [0.15, 0.2) is 9.84 Å². The summed E-state index contributed by atoms with van der Waals surface area (Å²) in [5.74, 6) is -1.14. The van der Waals surface area contributed by atoms with Gasteiger partial charge in [0.05, 0.1) is 23.1 Å². The maximum Gasteiger partial charge on any atom is 0.338 e. The summed E-state index contributed by atoms with van der Waals surface area (Å²) in [6, 6.07) is 3.15. The number of sulfone groups is 1. The Hall–Kier alpha value is -1.93. The third kappa shape index (κ3) is 5.31. The summed E-state index contributed by atoms with van der Waals surface area (Å²) in [7, 11) is -3.56. The number of benzene rings is 1. The lowest BCUT2D eigenvalue weighted by Gasteiger charge is -2.18. The van der Waals surface area contributed by atoms with Gasteiger partial charge in [-0.1, -0.05) is 20.3 Å². The number of carbonyl (C=O) groups is 2. The Kier molecular flexibility index (Phi) is 6.92. The van der Waals surface area contributed by atoms with Gasteiger partial charge in [-0.15, -0.1) is 0 Å². The Morgan fingerprint density at radius 1 is 1.25 bits per heavy atom. The minimum atomic E-state index is -3.56. The van der Waals surface area contributed by atoms with Crippen LogP contribution in [0.5, 0.6) is 0 Å². The first kappa shape index (κ1) is 20.1. The molecule has 7 nitrogen and oxygen atoms in total. The van der Waals surface area contributed by atoms with Gasteiger partial charge in [-0.3, -0.25) is 4.79 Å². The van der Waals surface area contributed by atoms with Gasteiger partial charge >= 0.3 is 5.97 Å². The van der Waals surface area contributed by atoms with E-state index in [1.165, 1.54) is 18.2 Å². The molecule has 0 aliphatic heterocycles. The van der Waals surface area contributed by atoms with Crippen LogP contribution in [0.25, 0.3) is 0 Å². The van der Waals surface area contributed by atoms with Crippen molar-refractivity contribution in [2.75, 3.05) is 18.2 Å². The average molecular weight is 356 g/mol. The van der Waals surface area contributed by atoms with Crippen molar-refractivity contribution in [3.63, 3.8) is 0 Å². The van der Waals surface area contributed by atoms with Crippen molar-refractivity contribution in [2.24, 2.45) is 11.7 Å². The van der Waals surface area contributed by atoms with Crippen molar-refractivity contribution >= 4 is 27.4 Å². The molecule has 0 saturated heterocycles. The van der Waals surface area contributed by atoms with Crippen LogP contribution in [0, 0.1) is 5.92 Å². The molecule has 1 rings (SSSR count). The molecule has 8 heteroatoms. The van der Waals surface area contributed by atoms with Crippen LogP contribution in [0.4, 0.5) is 5.69 Å². The van der Waals surface area contributed by atoms with Crippen molar-refractivity contribution in [1.82, 2.24) is 0 Å². The second kappa shape index (κ2) is 8.25. The number of amides is 1. The highest BCUT2D eigenvalue weighted by Gasteiger charge is 2.21. The molecule has 0 aliphatic carbocycles. The molecule has 3 N–H and O–H groups in total. The van der Waals surface area contributed by atoms with Gasteiger partial charge in [-0.2, -0.15) is 0 Å². The molecule has 0 aromatic heterocycles. The van der Waals surface area contributed by atoms with Crippen LogP contribution in [0.1, 0.15) is 37.6 Å². The van der Waals surface area contributed by atoms with Crippen LogP contribution < -0.4 is 11.1 Å². The molecule has 1 aromatic carbocycles. The van der Waals surface area contributed by atoms with Crippen molar-refractivity contribution in [3.8, 4) is 0 Å². The quantitative estimate of drug-likeness (QED) is 0.717. The lowest BCUT2D eigenvalue weighted by molar-refractivity contribution is -0.118. The maximum atomic E-state index is 12.2. The summed E-state index contributed by atoms with van der Waals surface area (Å²) < 4.78 is 28.5. The number of nitrogens with two attached hydrogens (primary N) is 1. The third-order valence-corrected chi connectivity index (χ3v) is 4.77. The number of carbonyl (C=O) groups excluding carboxylic acids is 2. The Balaban J connectivity index is 3.20. The fraction of sp³-hybridized carbons (Fsp3) is 0.500. The van der Waals surface area contributed by atoms with Crippen LogP contribution in [0.3, 0.4) is 0 Å². The van der Waals surface area contributed by atoms with Crippen LogP contribution in [0.15, 0.2) is 23.1 Å². The monoisotopic (exact) mass is 356 g/mol. The molecule has 0 bridgehead atoms. The summed E-state index contributed by atoms with van der Waals surface area (Å²) in [6.07, 6.45) is 1.75. The van der Waals surface area contributed by atoms with Crippen LogP contribution in [0.2, 0.25) is 0 Å². The molecule has 24 heavy (non-hydrogen) atoms. The van der Waals surface area contributed by atoms with Gasteiger partial charge in [-0.05, 0) is 31.0 Å². The van der Waals surface area contributed by atoms with Crippen molar-refractivity contribution in [2.45, 2.75) is 38.1 Å². The summed E-state index contributed by atoms with van der Waals surface area (Å²) in [5, 5.41) is 2.57. The lowest BCUT2D eigenvalue weighted by Crippen LogP contribution is -2.40. The number of rotatable bonds is 7. The molecule has 2 atom stereocenters. The third-order valence-electron chi connectivity index (χ3n) is 3.67. The first-order valence-corrected chi connectivity index (χ1v) is 9.58. The summed E-state index contributed by atoms with van der Waals surface area (Å²) in [5.41, 5.74) is 6.10. The smallest absolute Gasteiger partial charge is 0.338 e. The summed E-state index contributed by atoms with van der Waals surface area (Å²) in [4.78, 5) is 24.0. The molecule has 0 fully saturated rings. The van der Waals surface area contributed by atoms with Crippen molar-refractivity contribution in [1.29, 1.82) is 0 Å². The zero-order valence-electron chi connectivity index (χ0n) is 14.3. The first-order chi connectivity index (χ1) is 11.1. The molecule has 1 aromatic rings. The van der Waals surface area contributed by atoms with Crippen LogP contribution >= 0.6 is 0 Å². The molecule has 0 aliphatic rings. The zero-order chi connectivity index (χ0) is 18.5. The number of nitrogens with one attached hydrogen (secondary N) is 1. The minimum absolute atomic E-state index is 0.0346. The van der Waals surface area contributed by atoms with Crippen LogP contribution in [-0.4, -0.2) is 39.2 Å². The van der Waals surface area contributed by atoms with E-state index < -0.39 is 27.8 Å². The minimum Gasteiger partial charge on any atom is -0.462 e. The average Bonchev–Trinajstić information content (AvgIpc) is 2.52. The van der Waals surface area contributed by atoms with Crippen molar-refractivity contribution in [3.05, 3.63) is 23.8 Å². The lowest BCUT2D eigenvalue weighted by atomic mass is 9.99. The Morgan fingerprint density at radius 2 is 1.88 bits per heavy atom. The summed E-state index contributed by atoms with van der Waals surface area (Å²) >= 11 is 0. The van der Waals surface area contributed by atoms with E-state index in [2.05, 4.69) is 5.32 Å². The fourth-order valence-electron chi connectivity index (χ4n) is 1.96. The predicted octanol–water partition coefficient (Wildman–Crippen LogP) is 1.58. The molecule has 0 heterocycles. The maximum absolute atomic E-state index is 12.2. The van der Waals surface area contributed by atoms with Crippen molar-refractivity contribution < 1.29 is 22.7 Å². The van der Waals surface area contributed by atoms with E-state index in [-0.39, 0.29) is 28.7 Å². The van der Waals surface area contributed by atoms with E-state index in [1.54, 1.807) is 6.92 Å².